The second-order valence-corrected chi connectivity index (χ2v) is 3.01. The summed E-state index contributed by atoms with van der Waals surface area (Å²) in [6, 6.07) is -0.0531. The van der Waals surface area contributed by atoms with Crippen molar-refractivity contribution < 1.29 is 9.47 Å². The van der Waals surface area contributed by atoms with Gasteiger partial charge in [0.1, 0.15) is 0 Å². The Morgan fingerprint density at radius 1 is 1.36 bits per heavy atom. The molecule has 0 aromatic heterocycles. The number of ether oxygens (including phenoxy) is 2. The van der Waals surface area contributed by atoms with Gasteiger partial charge in [-0.05, 0) is 13.3 Å². The molecule has 11 heavy (non-hydrogen) atoms. The average molecular weight is 160 g/mol. The standard InChI is InChI=1S/C7H16N2O2/c1-4-5(8)3-6(9)7(10-2)11-4/h4-7H,3,8-9H2,1-2H3/t4-,5+,6+,7-/m1/s1. The van der Waals surface area contributed by atoms with Gasteiger partial charge in [-0.3, -0.25) is 0 Å². The molecule has 0 bridgehead atoms. The van der Waals surface area contributed by atoms with Crippen LogP contribution < -0.4 is 11.5 Å². The summed E-state index contributed by atoms with van der Waals surface area (Å²) in [4.78, 5) is 0. The molecule has 4 nitrogen and oxygen atoms in total. The van der Waals surface area contributed by atoms with Crippen LogP contribution in [0.2, 0.25) is 0 Å². The van der Waals surface area contributed by atoms with Gasteiger partial charge in [0.05, 0.1) is 12.1 Å². The molecular weight excluding hydrogens is 144 g/mol. The Labute approximate surface area is 66.8 Å². The Bertz CT molecular complexity index is 132. The highest BCUT2D eigenvalue weighted by atomic mass is 16.7. The van der Waals surface area contributed by atoms with Gasteiger partial charge in [0.15, 0.2) is 6.29 Å². The van der Waals surface area contributed by atoms with Gasteiger partial charge in [-0.15, -0.1) is 0 Å². The smallest absolute Gasteiger partial charge is 0.172 e. The van der Waals surface area contributed by atoms with Crippen LogP contribution in [-0.4, -0.2) is 31.6 Å². The van der Waals surface area contributed by atoms with Crippen molar-refractivity contribution >= 4 is 0 Å². The third-order valence-corrected chi connectivity index (χ3v) is 2.08. The third-order valence-electron chi connectivity index (χ3n) is 2.08. The monoisotopic (exact) mass is 160 g/mol. The van der Waals surface area contributed by atoms with Gasteiger partial charge in [0.2, 0.25) is 0 Å². The lowest BCUT2D eigenvalue weighted by molar-refractivity contribution is -0.189. The minimum atomic E-state index is -0.287. The SMILES string of the molecule is CO[C@@H]1O[C@H](C)[C@@H](N)C[C@@H]1N. The van der Waals surface area contributed by atoms with E-state index < -0.39 is 0 Å². The Kier molecular flexibility index (Phi) is 2.84. The Hall–Kier alpha value is -0.160. The highest BCUT2D eigenvalue weighted by Gasteiger charge is 2.31. The number of hydrogen-bond donors (Lipinski definition) is 2. The first-order chi connectivity index (χ1) is 5.15. The van der Waals surface area contributed by atoms with E-state index in [9.17, 15) is 0 Å². The van der Waals surface area contributed by atoms with Crippen molar-refractivity contribution in [3.63, 3.8) is 0 Å². The molecular formula is C7H16N2O2. The number of hydrogen-bond acceptors (Lipinski definition) is 4. The molecule has 0 aliphatic carbocycles. The second-order valence-electron chi connectivity index (χ2n) is 3.01. The maximum atomic E-state index is 5.73. The lowest BCUT2D eigenvalue weighted by atomic mass is 10.0. The summed E-state index contributed by atoms with van der Waals surface area (Å²) in [5.41, 5.74) is 11.4. The summed E-state index contributed by atoms with van der Waals surface area (Å²) < 4.78 is 10.4. The largest absolute Gasteiger partial charge is 0.354 e. The first-order valence-electron chi connectivity index (χ1n) is 3.84. The summed E-state index contributed by atoms with van der Waals surface area (Å²) in [6.07, 6.45) is 0.518. The summed E-state index contributed by atoms with van der Waals surface area (Å²) >= 11 is 0. The molecule has 4 atom stereocenters. The summed E-state index contributed by atoms with van der Waals surface area (Å²) in [7, 11) is 1.59. The fourth-order valence-corrected chi connectivity index (χ4v) is 1.26. The topological polar surface area (TPSA) is 70.5 Å². The summed E-state index contributed by atoms with van der Waals surface area (Å²) in [6.45, 7) is 1.93. The van der Waals surface area contributed by atoms with E-state index in [0.717, 1.165) is 6.42 Å². The molecule has 0 aromatic carbocycles. The van der Waals surface area contributed by atoms with E-state index in [2.05, 4.69) is 0 Å². The maximum absolute atomic E-state index is 5.73. The molecule has 0 aromatic rings. The predicted octanol–water partition coefficient (Wildman–Crippen LogP) is -0.578. The van der Waals surface area contributed by atoms with Crippen LogP contribution in [0.15, 0.2) is 0 Å². The first kappa shape index (κ1) is 8.93. The van der Waals surface area contributed by atoms with Gasteiger partial charge in [-0.1, -0.05) is 0 Å². The fourth-order valence-electron chi connectivity index (χ4n) is 1.26. The zero-order valence-corrected chi connectivity index (χ0v) is 6.99. The van der Waals surface area contributed by atoms with Gasteiger partial charge < -0.3 is 20.9 Å². The van der Waals surface area contributed by atoms with Gasteiger partial charge >= 0.3 is 0 Å². The van der Waals surface area contributed by atoms with Crippen molar-refractivity contribution in [3.05, 3.63) is 0 Å². The first-order valence-corrected chi connectivity index (χ1v) is 3.84. The molecule has 4 heteroatoms. The quantitative estimate of drug-likeness (QED) is 0.538. The molecule has 1 fully saturated rings. The van der Waals surface area contributed by atoms with Crippen molar-refractivity contribution in [2.45, 2.75) is 37.8 Å². The van der Waals surface area contributed by atoms with Crippen molar-refractivity contribution in [2.75, 3.05) is 7.11 Å². The molecule has 1 aliphatic rings. The van der Waals surface area contributed by atoms with Crippen molar-refractivity contribution in [2.24, 2.45) is 11.5 Å². The van der Waals surface area contributed by atoms with Crippen LogP contribution in [0.1, 0.15) is 13.3 Å². The Morgan fingerprint density at radius 3 is 2.55 bits per heavy atom. The van der Waals surface area contributed by atoms with E-state index >= 15 is 0 Å². The minimum absolute atomic E-state index is 0.0383. The van der Waals surface area contributed by atoms with Crippen LogP contribution in [0, 0.1) is 0 Å². The lowest BCUT2D eigenvalue weighted by Crippen LogP contribution is -2.53. The molecule has 0 spiro atoms. The molecule has 0 radical (unpaired) electrons. The summed E-state index contributed by atoms with van der Waals surface area (Å²) in [5.74, 6) is 0. The van der Waals surface area contributed by atoms with E-state index in [1.165, 1.54) is 0 Å². The highest BCUT2D eigenvalue weighted by molar-refractivity contribution is 4.83. The minimum Gasteiger partial charge on any atom is -0.354 e. The van der Waals surface area contributed by atoms with E-state index in [0.29, 0.717) is 0 Å². The third kappa shape index (κ3) is 1.90. The number of rotatable bonds is 1. The van der Waals surface area contributed by atoms with Crippen LogP contribution in [0.25, 0.3) is 0 Å². The van der Waals surface area contributed by atoms with Gasteiger partial charge in [-0.2, -0.15) is 0 Å². The molecule has 4 N–H and O–H groups in total. The lowest BCUT2D eigenvalue weighted by Gasteiger charge is -2.35. The zero-order chi connectivity index (χ0) is 8.43. The molecule has 0 amide bonds. The summed E-state index contributed by atoms with van der Waals surface area (Å²) in [5, 5.41) is 0. The fraction of sp³-hybridized carbons (Fsp3) is 1.00. The van der Waals surface area contributed by atoms with Gasteiger partial charge in [0, 0.05) is 13.2 Å². The molecule has 66 valence electrons. The molecule has 0 unspecified atom stereocenters. The zero-order valence-electron chi connectivity index (χ0n) is 6.99. The second kappa shape index (κ2) is 3.49. The number of nitrogens with two attached hydrogens (primary N) is 2. The maximum Gasteiger partial charge on any atom is 0.172 e. The van der Waals surface area contributed by atoms with Crippen LogP contribution in [0.4, 0.5) is 0 Å². The van der Waals surface area contributed by atoms with E-state index in [4.69, 9.17) is 20.9 Å². The van der Waals surface area contributed by atoms with Crippen molar-refractivity contribution in [1.29, 1.82) is 0 Å². The molecule has 1 saturated heterocycles. The molecule has 1 rings (SSSR count). The van der Waals surface area contributed by atoms with Crippen molar-refractivity contribution in [3.8, 4) is 0 Å². The van der Waals surface area contributed by atoms with E-state index in [1.54, 1.807) is 7.11 Å². The molecule has 1 aliphatic heterocycles. The van der Waals surface area contributed by atoms with Crippen LogP contribution in [0.3, 0.4) is 0 Å². The van der Waals surface area contributed by atoms with Crippen LogP contribution in [0.5, 0.6) is 0 Å². The average Bonchev–Trinajstić information content (AvgIpc) is 1.97. The van der Waals surface area contributed by atoms with Gasteiger partial charge in [0.25, 0.3) is 0 Å². The van der Waals surface area contributed by atoms with Gasteiger partial charge in [-0.25, -0.2) is 0 Å². The van der Waals surface area contributed by atoms with Crippen LogP contribution in [-0.2, 0) is 9.47 Å². The van der Waals surface area contributed by atoms with E-state index in [1.807, 2.05) is 6.92 Å². The van der Waals surface area contributed by atoms with E-state index in [-0.39, 0.29) is 24.5 Å². The van der Waals surface area contributed by atoms with Crippen LogP contribution >= 0.6 is 0 Å². The molecule has 1 heterocycles. The normalized spacial score (nSPS) is 45.8. The molecule has 0 saturated carbocycles. The Morgan fingerprint density at radius 2 is 2.00 bits per heavy atom. The van der Waals surface area contributed by atoms with Crippen molar-refractivity contribution in [1.82, 2.24) is 0 Å². The number of methoxy groups -OCH3 is 1. The highest BCUT2D eigenvalue weighted by Crippen LogP contribution is 2.17. The predicted molar refractivity (Wildman–Crippen MR) is 41.9 cm³/mol. The Balaban J connectivity index is 2.48.